The van der Waals surface area contributed by atoms with Crippen molar-refractivity contribution in [3.05, 3.63) is 58.7 Å². The number of nitrogens with two attached hydrogens (primary N) is 1. The summed E-state index contributed by atoms with van der Waals surface area (Å²) in [5, 5.41) is 3.24. The Morgan fingerprint density at radius 2 is 1.57 bits per heavy atom. The van der Waals surface area contributed by atoms with Crippen LogP contribution >= 0.6 is 0 Å². The normalized spacial score (nSPS) is 13.0. The van der Waals surface area contributed by atoms with E-state index < -0.39 is 0 Å². The Bertz CT molecular complexity index is 797. The number of nitrogens with zero attached hydrogens (tertiary/aromatic N) is 1. The average Bonchev–Trinajstić information content (AvgIpc) is 2.53. The molecule has 0 aromatic heterocycles. The first-order valence-corrected chi connectivity index (χ1v) is 7.50. The molecule has 0 spiro atoms. The highest BCUT2D eigenvalue weighted by Crippen LogP contribution is 2.35. The van der Waals surface area contributed by atoms with Gasteiger partial charge in [0.2, 0.25) is 0 Å². The molecule has 2 aromatic rings. The van der Waals surface area contributed by atoms with Gasteiger partial charge in [0.05, 0.1) is 11.1 Å². The molecule has 118 valence electrons. The molecule has 0 atom stereocenters. The summed E-state index contributed by atoms with van der Waals surface area (Å²) in [6.07, 6.45) is 0. The molecule has 0 heterocycles. The van der Waals surface area contributed by atoms with Gasteiger partial charge in [-0.05, 0) is 26.2 Å². The van der Waals surface area contributed by atoms with Gasteiger partial charge >= 0.3 is 0 Å². The Hall–Kier alpha value is -2.66. The highest BCUT2D eigenvalue weighted by atomic mass is 16.1. The molecule has 2 aromatic carbocycles. The molecule has 3 N–H and O–H groups in total. The second-order valence-corrected chi connectivity index (χ2v) is 5.89. The lowest BCUT2D eigenvalue weighted by molar-refractivity contribution is 0.0980. The number of carbonyl (C=O) groups is 2. The van der Waals surface area contributed by atoms with Crippen LogP contribution in [0.2, 0.25) is 0 Å². The van der Waals surface area contributed by atoms with E-state index in [2.05, 4.69) is 5.32 Å². The molecule has 0 saturated carbocycles. The second-order valence-electron chi connectivity index (χ2n) is 5.89. The fraction of sp³-hybridized carbons (Fsp3) is 0.222. The molecule has 3 rings (SSSR count). The maximum absolute atomic E-state index is 12.9. The van der Waals surface area contributed by atoms with Crippen LogP contribution in [0.25, 0.3) is 0 Å². The standard InChI is InChI=1S/C18H19N3O2/c1-21(2)10-9-20-14-8-7-13(19)15-16(14)18(23)12-6-4-3-5-11(12)17(15)22/h3-8,20H,9-10,19H2,1-2H3. The molecule has 5 nitrogen and oxygen atoms in total. The van der Waals surface area contributed by atoms with Gasteiger partial charge in [0.15, 0.2) is 11.6 Å². The van der Waals surface area contributed by atoms with Crippen molar-refractivity contribution in [2.75, 3.05) is 38.2 Å². The van der Waals surface area contributed by atoms with Crippen molar-refractivity contribution in [2.45, 2.75) is 0 Å². The van der Waals surface area contributed by atoms with E-state index in [0.717, 1.165) is 6.54 Å². The Morgan fingerprint density at radius 3 is 2.17 bits per heavy atom. The second kappa shape index (κ2) is 5.85. The van der Waals surface area contributed by atoms with Gasteiger partial charge in [0, 0.05) is 35.6 Å². The molecule has 5 heteroatoms. The molecule has 1 aliphatic carbocycles. The number of hydrogen-bond acceptors (Lipinski definition) is 5. The summed E-state index contributed by atoms with van der Waals surface area (Å²) >= 11 is 0. The first-order valence-electron chi connectivity index (χ1n) is 7.50. The number of benzene rings is 2. The van der Waals surface area contributed by atoms with Gasteiger partial charge in [0.25, 0.3) is 0 Å². The lowest BCUT2D eigenvalue weighted by atomic mass is 9.82. The summed E-state index contributed by atoms with van der Waals surface area (Å²) in [5.74, 6) is -0.348. The van der Waals surface area contributed by atoms with Gasteiger partial charge in [0.1, 0.15) is 0 Å². The fourth-order valence-corrected chi connectivity index (χ4v) is 2.81. The van der Waals surface area contributed by atoms with E-state index in [4.69, 9.17) is 5.73 Å². The number of ketones is 2. The third-order valence-corrected chi connectivity index (χ3v) is 3.98. The monoisotopic (exact) mass is 309 g/mol. The highest BCUT2D eigenvalue weighted by Gasteiger charge is 2.33. The molecule has 0 fully saturated rings. The molecule has 23 heavy (non-hydrogen) atoms. The maximum Gasteiger partial charge on any atom is 0.196 e. The van der Waals surface area contributed by atoms with Crippen LogP contribution in [0.3, 0.4) is 0 Å². The van der Waals surface area contributed by atoms with Gasteiger partial charge in [-0.25, -0.2) is 0 Å². The van der Waals surface area contributed by atoms with Crippen LogP contribution in [0.5, 0.6) is 0 Å². The molecule has 1 aliphatic rings. The first kappa shape index (κ1) is 15.2. The summed E-state index contributed by atoms with van der Waals surface area (Å²) in [6, 6.07) is 10.3. The van der Waals surface area contributed by atoms with Crippen molar-refractivity contribution in [2.24, 2.45) is 0 Å². The summed E-state index contributed by atoms with van der Waals surface area (Å²) in [6.45, 7) is 1.49. The summed E-state index contributed by atoms with van der Waals surface area (Å²) in [7, 11) is 3.95. The quantitative estimate of drug-likeness (QED) is 0.721. The molecule has 0 saturated heterocycles. The van der Waals surface area contributed by atoms with Crippen LogP contribution in [-0.4, -0.2) is 43.7 Å². The zero-order valence-corrected chi connectivity index (χ0v) is 13.2. The van der Waals surface area contributed by atoms with Crippen molar-refractivity contribution < 1.29 is 9.59 Å². The number of carbonyl (C=O) groups excluding carboxylic acids is 2. The Kier molecular flexibility index (Phi) is 3.88. The minimum atomic E-state index is -0.191. The summed E-state index contributed by atoms with van der Waals surface area (Å²) in [4.78, 5) is 27.6. The van der Waals surface area contributed by atoms with Gasteiger partial charge < -0.3 is 16.0 Å². The number of fused-ring (bicyclic) bond motifs is 2. The van der Waals surface area contributed by atoms with Crippen molar-refractivity contribution >= 4 is 22.9 Å². The lowest BCUT2D eigenvalue weighted by Gasteiger charge is -2.22. The SMILES string of the molecule is CN(C)CCNc1ccc(N)c2c1C(=O)c1ccccc1C2=O. The van der Waals surface area contributed by atoms with Crippen LogP contribution in [0, 0.1) is 0 Å². The van der Waals surface area contributed by atoms with Crippen LogP contribution in [-0.2, 0) is 0 Å². The topological polar surface area (TPSA) is 75.4 Å². The number of rotatable bonds is 4. The highest BCUT2D eigenvalue weighted by molar-refractivity contribution is 6.31. The van der Waals surface area contributed by atoms with Crippen molar-refractivity contribution in [1.29, 1.82) is 0 Å². The maximum atomic E-state index is 12.9. The third kappa shape index (κ3) is 2.59. The predicted molar refractivity (Wildman–Crippen MR) is 91.2 cm³/mol. The zero-order chi connectivity index (χ0) is 16.6. The minimum absolute atomic E-state index is 0.158. The largest absolute Gasteiger partial charge is 0.398 e. The molecule has 0 unspecified atom stereocenters. The van der Waals surface area contributed by atoms with Gasteiger partial charge in [-0.3, -0.25) is 9.59 Å². The third-order valence-electron chi connectivity index (χ3n) is 3.98. The van der Waals surface area contributed by atoms with Crippen LogP contribution in [0.15, 0.2) is 36.4 Å². The Morgan fingerprint density at radius 1 is 0.957 bits per heavy atom. The van der Waals surface area contributed by atoms with Crippen molar-refractivity contribution in [3.63, 3.8) is 0 Å². The lowest BCUT2D eigenvalue weighted by Crippen LogP contribution is -2.26. The van der Waals surface area contributed by atoms with E-state index in [0.29, 0.717) is 40.2 Å². The van der Waals surface area contributed by atoms with Crippen molar-refractivity contribution in [1.82, 2.24) is 4.90 Å². The van der Waals surface area contributed by atoms with E-state index in [-0.39, 0.29) is 11.6 Å². The minimum Gasteiger partial charge on any atom is -0.398 e. The van der Waals surface area contributed by atoms with Crippen LogP contribution < -0.4 is 11.1 Å². The fourth-order valence-electron chi connectivity index (χ4n) is 2.81. The smallest absolute Gasteiger partial charge is 0.196 e. The zero-order valence-electron chi connectivity index (χ0n) is 13.2. The van der Waals surface area contributed by atoms with Crippen LogP contribution in [0.1, 0.15) is 31.8 Å². The van der Waals surface area contributed by atoms with Gasteiger partial charge in [-0.2, -0.15) is 0 Å². The molecule has 0 amide bonds. The van der Waals surface area contributed by atoms with Gasteiger partial charge in [-0.15, -0.1) is 0 Å². The molecule has 0 aliphatic heterocycles. The number of likely N-dealkylation sites (N-methyl/N-ethyl adjacent to an activating group) is 1. The van der Waals surface area contributed by atoms with E-state index in [9.17, 15) is 9.59 Å². The summed E-state index contributed by atoms with van der Waals surface area (Å²) in [5.41, 5.74) is 8.53. The van der Waals surface area contributed by atoms with E-state index in [1.54, 1.807) is 36.4 Å². The van der Waals surface area contributed by atoms with E-state index in [1.165, 1.54) is 0 Å². The van der Waals surface area contributed by atoms with Crippen LogP contribution in [0.4, 0.5) is 11.4 Å². The molecule has 0 radical (unpaired) electrons. The number of hydrogen-bond donors (Lipinski definition) is 2. The molecule has 0 bridgehead atoms. The molecular weight excluding hydrogens is 290 g/mol. The van der Waals surface area contributed by atoms with E-state index in [1.807, 2.05) is 19.0 Å². The Balaban J connectivity index is 2.08. The van der Waals surface area contributed by atoms with E-state index >= 15 is 0 Å². The Labute approximate surface area is 135 Å². The molecular formula is C18H19N3O2. The number of nitrogens with one attached hydrogen (secondary N) is 1. The van der Waals surface area contributed by atoms with Crippen molar-refractivity contribution in [3.8, 4) is 0 Å². The first-order chi connectivity index (χ1) is 11.0. The number of nitrogen functional groups attached to an aromatic ring is 1. The number of anilines is 2. The summed E-state index contributed by atoms with van der Waals surface area (Å²) < 4.78 is 0. The van der Waals surface area contributed by atoms with Gasteiger partial charge in [-0.1, -0.05) is 24.3 Å². The predicted octanol–water partition coefficient (Wildman–Crippen LogP) is 2.02. The average molecular weight is 309 g/mol.